The molecule has 4 rings (SSSR count). The lowest BCUT2D eigenvalue weighted by atomic mass is 9.53. The molecule has 2 aliphatic rings. The number of carboxylic acids is 1. The minimum Gasteiger partial charge on any atom is -0.487 e. The smallest absolute Gasteiger partial charge is 0.335 e. The fourth-order valence-corrected chi connectivity index (χ4v) is 6.96. The molecule has 0 aliphatic heterocycles. The summed E-state index contributed by atoms with van der Waals surface area (Å²) in [6.45, 7) is 8.32. The van der Waals surface area contributed by atoms with Crippen LogP contribution in [0.25, 0.3) is 0 Å². The van der Waals surface area contributed by atoms with Gasteiger partial charge in [-0.15, -0.1) is 0 Å². The number of carbonyl (C=O) groups is 1. The van der Waals surface area contributed by atoms with Crippen LogP contribution < -0.4 is 9.46 Å². The predicted molar refractivity (Wildman–Crippen MR) is 129 cm³/mol. The number of aromatic carboxylic acids is 1. The molecule has 0 bridgehead atoms. The highest BCUT2D eigenvalue weighted by atomic mass is 35.5. The molecule has 0 atom stereocenters. The van der Waals surface area contributed by atoms with Crippen molar-refractivity contribution in [2.45, 2.75) is 63.9 Å². The van der Waals surface area contributed by atoms with Gasteiger partial charge in [0.2, 0.25) is 0 Å². The number of ether oxygens (including phenoxy) is 1. The Labute approximate surface area is 204 Å². The third-order valence-electron chi connectivity index (χ3n) is 6.58. The van der Waals surface area contributed by atoms with Gasteiger partial charge in [0, 0.05) is 16.9 Å². The summed E-state index contributed by atoms with van der Waals surface area (Å²) in [5, 5.41) is 19.0. The second kappa shape index (κ2) is 8.17. The van der Waals surface area contributed by atoms with Crippen molar-refractivity contribution < 1.29 is 23.1 Å². The van der Waals surface area contributed by atoms with Crippen LogP contribution in [0.5, 0.6) is 5.75 Å². The van der Waals surface area contributed by atoms with Gasteiger partial charge in [0.05, 0.1) is 26.7 Å². The Morgan fingerprint density at radius 1 is 1.18 bits per heavy atom. The van der Waals surface area contributed by atoms with Crippen LogP contribution in [0.2, 0.25) is 5.02 Å². The van der Waals surface area contributed by atoms with E-state index in [0.29, 0.717) is 5.56 Å². The maximum absolute atomic E-state index is 13.5. The first-order valence-electron chi connectivity index (χ1n) is 11.1. The topological polar surface area (TPSA) is 116 Å². The maximum atomic E-state index is 13.5. The summed E-state index contributed by atoms with van der Waals surface area (Å²) in [6, 6.07) is 8.94. The highest BCUT2D eigenvalue weighted by Crippen LogP contribution is 2.56. The Hall–Kier alpha value is -2.76. The quantitative estimate of drug-likeness (QED) is 0.494. The summed E-state index contributed by atoms with van der Waals surface area (Å²) >= 11 is 6.26. The number of hydrogen-bond acceptors (Lipinski definition) is 5. The molecule has 2 aromatic carbocycles. The molecular formula is C25H27ClN2O5S. The number of nitrogens with zero attached hydrogens (tertiary/aromatic N) is 1. The van der Waals surface area contributed by atoms with Crippen LogP contribution in [0.15, 0.2) is 35.2 Å². The molecule has 0 saturated heterocycles. The van der Waals surface area contributed by atoms with Gasteiger partial charge in [-0.1, -0.05) is 45.4 Å². The van der Waals surface area contributed by atoms with Gasteiger partial charge in [-0.05, 0) is 48.9 Å². The van der Waals surface area contributed by atoms with E-state index in [4.69, 9.17) is 16.3 Å². The number of carboxylic acid groups (broad SMARTS) is 1. The molecule has 2 N–H and O–H groups in total. The third-order valence-corrected chi connectivity index (χ3v) is 8.31. The van der Waals surface area contributed by atoms with Crippen molar-refractivity contribution in [2.75, 3.05) is 4.72 Å². The Kier molecular flexibility index (Phi) is 5.86. The van der Waals surface area contributed by atoms with E-state index in [1.165, 1.54) is 24.3 Å². The van der Waals surface area contributed by atoms with Gasteiger partial charge in [-0.2, -0.15) is 5.26 Å². The highest BCUT2D eigenvalue weighted by molar-refractivity contribution is 7.92. The molecule has 2 aliphatic carbocycles. The Morgan fingerprint density at radius 3 is 2.35 bits per heavy atom. The molecule has 2 saturated carbocycles. The number of nitrogens with one attached hydrogen (secondary N) is 1. The average molecular weight is 503 g/mol. The van der Waals surface area contributed by atoms with Crippen LogP contribution in [-0.2, 0) is 10.0 Å². The van der Waals surface area contributed by atoms with E-state index in [-0.39, 0.29) is 55.3 Å². The molecule has 2 aromatic rings. The van der Waals surface area contributed by atoms with Gasteiger partial charge in [0.15, 0.2) is 0 Å². The molecule has 7 nitrogen and oxygen atoms in total. The third kappa shape index (κ3) is 4.47. The first-order valence-corrected chi connectivity index (χ1v) is 12.9. The van der Waals surface area contributed by atoms with Crippen molar-refractivity contribution in [2.24, 2.45) is 10.8 Å². The number of halogens is 1. The molecule has 0 radical (unpaired) electrons. The Balaban J connectivity index is 1.77. The van der Waals surface area contributed by atoms with Crippen LogP contribution >= 0.6 is 11.6 Å². The number of anilines is 1. The molecular weight excluding hydrogens is 476 g/mol. The maximum Gasteiger partial charge on any atom is 0.335 e. The summed E-state index contributed by atoms with van der Waals surface area (Å²) in [7, 11) is -4.19. The van der Waals surface area contributed by atoms with Gasteiger partial charge in [-0.3, -0.25) is 4.72 Å². The van der Waals surface area contributed by atoms with Gasteiger partial charge in [0.25, 0.3) is 10.0 Å². The van der Waals surface area contributed by atoms with E-state index in [2.05, 4.69) is 32.4 Å². The second-order valence-electron chi connectivity index (χ2n) is 10.5. The van der Waals surface area contributed by atoms with Crippen LogP contribution in [0, 0.1) is 22.2 Å². The van der Waals surface area contributed by atoms with Gasteiger partial charge in [0.1, 0.15) is 17.9 Å². The van der Waals surface area contributed by atoms with Crippen LogP contribution in [0.1, 0.15) is 74.4 Å². The molecule has 180 valence electrons. The minimum absolute atomic E-state index is 0.0709. The van der Waals surface area contributed by atoms with Crippen LogP contribution in [0.4, 0.5) is 5.69 Å². The van der Waals surface area contributed by atoms with Crippen LogP contribution in [0.3, 0.4) is 0 Å². The first-order chi connectivity index (χ1) is 15.7. The van der Waals surface area contributed by atoms with Crippen molar-refractivity contribution in [3.8, 4) is 11.8 Å². The van der Waals surface area contributed by atoms with Crippen LogP contribution in [-0.4, -0.2) is 25.6 Å². The number of hydrogen-bond donors (Lipinski definition) is 2. The molecule has 0 heterocycles. The summed E-state index contributed by atoms with van der Waals surface area (Å²) in [5.74, 6) is -0.919. The summed E-state index contributed by atoms with van der Waals surface area (Å²) in [5.41, 5.74) is 0.385. The summed E-state index contributed by atoms with van der Waals surface area (Å²) < 4.78 is 35.9. The monoisotopic (exact) mass is 502 g/mol. The highest BCUT2D eigenvalue weighted by Gasteiger charge is 2.55. The molecule has 0 spiro atoms. The van der Waals surface area contributed by atoms with E-state index < -0.39 is 16.0 Å². The Morgan fingerprint density at radius 2 is 1.82 bits per heavy atom. The molecule has 2 fully saturated rings. The lowest BCUT2D eigenvalue weighted by molar-refractivity contribution is -0.133. The number of benzene rings is 2. The zero-order valence-corrected chi connectivity index (χ0v) is 21.0. The zero-order chi connectivity index (χ0) is 25.1. The van der Waals surface area contributed by atoms with Crippen molar-refractivity contribution in [3.05, 3.63) is 52.0 Å². The SMILES string of the molecule is CC1(C)CC(C)(C)C1Oc1cc(Cl)c(C#N)cc1NS(=O)(=O)c1cc(C(=O)O)ccc1C1CC1. The number of rotatable bonds is 7. The van der Waals surface area contributed by atoms with E-state index in [1.54, 1.807) is 6.07 Å². The molecule has 0 aromatic heterocycles. The lowest BCUT2D eigenvalue weighted by Crippen LogP contribution is -2.58. The molecule has 34 heavy (non-hydrogen) atoms. The van der Waals surface area contributed by atoms with Crippen molar-refractivity contribution in [1.82, 2.24) is 0 Å². The van der Waals surface area contributed by atoms with Crippen molar-refractivity contribution in [1.29, 1.82) is 5.26 Å². The largest absolute Gasteiger partial charge is 0.487 e. The number of nitriles is 1. The van der Waals surface area contributed by atoms with E-state index in [0.717, 1.165) is 19.3 Å². The average Bonchev–Trinajstić information content (AvgIpc) is 3.57. The molecule has 0 amide bonds. The van der Waals surface area contributed by atoms with E-state index >= 15 is 0 Å². The zero-order valence-electron chi connectivity index (χ0n) is 19.5. The molecule has 0 unspecified atom stereocenters. The second-order valence-corrected chi connectivity index (χ2v) is 12.6. The standard InChI is InChI=1S/C25H27ClN2O5S/c1-24(2)13-25(3,4)23(24)33-20-11-18(26)16(12-27)9-19(20)28-34(31,32)21-10-15(22(29)30)7-8-17(21)14-5-6-14/h7-11,14,23,28H,5-6,13H2,1-4H3,(H,29,30). The van der Waals surface area contributed by atoms with Gasteiger partial charge in [-0.25, -0.2) is 13.2 Å². The van der Waals surface area contributed by atoms with Gasteiger partial charge >= 0.3 is 5.97 Å². The fourth-order valence-electron chi connectivity index (χ4n) is 5.38. The minimum atomic E-state index is -4.19. The summed E-state index contributed by atoms with van der Waals surface area (Å²) in [4.78, 5) is 11.4. The predicted octanol–water partition coefficient (Wildman–Crippen LogP) is 5.79. The van der Waals surface area contributed by atoms with Crippen molar-refractivity contribution in [3.63, 3.8) is 0 Å². The molecule has 9 heteroatoms. The fraction of sp³-hybridized carbons (Fsp3) is 0.440. The van der Waals surface area contributed by atoms with Crippen molar-refractivity contribution >= 4 is 33.3 Å². The normalized spacial score (nSPS) is 19.1. The first kappa shape index (κ1) is 24.4. The van der Waals surface area contributed by atoms with E-state index in [9.17, 15) is 23.6 Å². The van der Waals surface area contributed by atoms with Gasteiger partial charge < -0.3 is 9.84 Å². The Bertz CT molecular complexity index is 1310. The lowest BCUT2D eigenvalue weighted by Gasteiger charge is -2.56. The number of sulfonamides is 1. The summed E-state index contributed by atoms with van der Waals surface area (Å²) in [6.07, 6.45) is 2.41. The van der Waals surface area contributed by atoms with E-state index in [1.807, 2.05) is 6.07 Å².